The van der Waals surface area contributed by atoms with Crippen LogP contribution in [0.15, 0.2) is 53.0 Å². The number of hydrazine groups is 1. The highest BCUT2D eigenvalue weighted by molar-refractivity contribution is 9.10. The molecule has 24 heavy (non-hydrogen) atoms. The summed E-state index contributed by atoms with van der Waals surface area (Å²) >= 11 is 3.22. The zero-order valence-electron chi connectivity index (χ0n) is 12.3. The van der Waals surface area contributed by atoms with Crippen LogP contribution >= 0.6 is 15.9 Å². The first-order chi connectivity index (χ1) is 11.5. The molecule has 2 aromatic carbocycles. The maximum Gasteiger partial charge on any atom is 0.270 e. The van der Waals surface area contributed by atoms with E-state index in [2.05, 4.69) is 32.1 Å². The van der Waals surface area contributed by atoms with Crippen LogP contribution in [0.1, 0.15) is 20.7 Å². The van der Waals surface area contributed by atoms with Crippen molar-refractivity contribution >= 4 is 33.7 Å². The second-order valence-electron chi connectivity index (χ2n) is 4.64. The SMILES string of the molecule is O=C(CNC(=O)c1ccccc1F)NNC(=O)c1ccccc1Br. The van der Waals surface area contributed by atoms with Crippen molar-refractivity contribution in [2.75, 3.05) is 6.54 Å². The fourth-order valence-corrected chi connectivity index (χ4v) is 2.25. The van der Waals surface area contributed by atoms with E-state index in [1.165, 1.54) is 18.2 Å². The van der Waals surface area contributed by atoms with Gasteiger partial charge in [0.1, 0.15) is 5.82 Å². The molecule has 0 radical (unpaired) electrons. The molecule has 8 heteroatoms. The van der Waals surface area contributed by atoms with Crippen LogP contribution < -0.4 is 16.2 Å². The highest BCUT2D eigenvalue weighted by atomic mass is 79.9. The topological polar surface area (TPSA) is 87.3 Å². The van der Waals surface area contributed by atoms with Crippen molar-refractivity contribution in [3.05, 3.63) is 69.9 Å². The molecule has 2 rings (SSSR count). The Bertz CT molecular complexity index is 719. The summed E-state index contributed by atoms with van der Waals surface area (Å²) in [4.78, 5) is 35.3. The molecule has 6 nitrogen and oxygen atoms in total. The van der Waals surface area contributed by atoms with Gasteiger partial charge in [0.25, 0.3) is 17.7 Å². The summed E-state index contributed by atoms with van der Waals surface area (Å²) in [7, 11) is 0. The van der Waals surface area contributed by atoms with E-state index in [0.717, 1.165) is 6.07 Å². The van der Waals surface area contributed by atoms with Crippen molar-refractivity contribution in [2.45, 2.75) is 0 Å². The van der Waals surface area contributed by atoms with Gasteiger partial charge in [-0.3, -0.25) is 25.2 Å². The predicted octanol–water partition coefficient (Wildman–Crippen LogP) is 1.78. The van der Waals surface area contributed by atoms with Crippen LogP contribution in [-0.4, -0.2) is 24.3 Å². The van der Waals surface area contributed by atoms with E-state index >= 15 is 0 Å². The van der Waals surface area contributed by atoms with Gasteiger partial charge in [-0.15, -0.1) is 0 Å². The second kappa shape index (κ2) is 8.21. The minimum Gasteiger partial charge on any atom is -0.343 e. The van der Waals surface area contributed by atoms with Gasteiger partial charge in [0.2, 0.25) is 0 Å². The minimum absolute atomic E-state index is 0.164. The van der Waals surface area contributed by atoms with Crippen LogP contribution in [0.5, 0.6) is 0 Å². The molecule has 0 unspecified atom stereocenters. The number of hydrogen-bond acceptors (Lipinski definition) is 3. The fourth-order valence-electron chi connectivity index (χ4n) is 1.78. The number of hydrogen-bond donors (Lipinski definition) is 3. The first-order valence-electron chi connectivity index (χ1n) is 6.85. The molecule has 0 heterocycles. The Morgan fingerprint density at radius 3 is 2.17 bits per heavy atom. The van der Waals surface area contributed by atoms with Crippen LogP contribution in [-0.2, 0) is 4.79 Å². The number of rotatable bonds is 4. The molecule has 3 N–H and O–H groups in total. The largest absolute Gasteiger partial charge is 0.343 e. The molecule has 2 aromatic rings. The average molecular weight is 394 g/mol. The van der Waals surface area contributed by atoms with Crippen molar-refractivity contribution in [3.8, 4) is 0 Å². The first-order valence-corrected chi connectivity index (χ1v) is 7.65. The lowest BCUT2D eigenvalue weighted by Crippen LogP contribution is -2.46. The lowest BCUT2D eigenvalue weighted by Gasteiger charge is -2.09. The highest BCUT2D eigenvalue weighted by Crippen LogP contribution is 2.15. The van der Waals surface area contributed by atoms with E-state index in [0.29, 0.717) is 10.0 Å². The summed E-state index contributed by atoms with van der Waals surface area (Å²) in [5, 5.41) is 2.26. The summed E-state index contributed by atoms with van der Waals surface area (Å²) in [5.74, 6) is -2.57. The Balaban J connectivity index is 1.82. The standard InChI is InChI=1S/C16H13BrFN3O3/c17-12-7-3-1-5-10(12)16(24)21-20-14(22)9-19-15(23)11-6-2-4-8-13(11)18/h1-8H,9H2,(H,19,23)(H,20,22)(H,21,24). The normalized spacial score (nSPS) is 9.92. The van der Waals surface area contributed by atoms with Gasteiger partial charge in [-0.25, -0.2) is 4.39 Å². The number of benzene rings is 2. The molecule has 0 aliphatic heterocycles. The minimum atomic E-state index is -0.722. The van der Waals surface area contributed by atoms with Gasteiger partial charge in [-0.05, 0) is 40.2 Å². The molecule has 0 atom stereocenters. The molecule has 0 saturated carbocycles. The number of nitrogens with one attached hydrogen (secondary N) is 3. The Labute approximate surface area is 145 Å². The number of carbonyl (C=O) groups is 3. The van der Waals surface area contributed by atoms with Crippen molar-refractivity contribution in [2.24, 2.45) is 0 Å². The van der Waals surface area contributed by atoms with Gasteiger partial charge in [0, 0.05) is 4.47 Å². The molecule has 0 bridgehead atoms. The predicted molar refractivity (Wildman–Crippen MR) is 88.5 cm³/mol. The van der Waals surface area contributed by atoms with Gasteiger partial charge < -0.3 is 5.32 Å². The molecule has 0 aliphatic rings. The summed E-state index contributed by atoms with van der Waals surface area (Å²) < 4.78 is 14.0. The van der Waals surface area contributed by atoms with Crippen LogP contribution in [0.3, 0.4) is 0 Å². The monoisotopic (exact) mass is 393 g/mol. The molecular formula is C16H13BrFN3O3. The van der Waals surface area contributed by atoms with E-state index < -0.39 is 30.1 Å². The third-order valence-electron chi connectivity index (χ3n) is 2.96. The van der Waals surface area contributed by atoms with Gasteiger partial charge in [0.15, 0.2) is 0 Å². The van der Waals surface area contributed by atoms with Crippen molar-refractivity contribution < 1.29 is 18.8 Å². The molecular weight excluding hydrogens is 381 g/mol. The maximum atomic E-state index is 13.4. The smallest absolute Gasteiger partial charge is 0.270 e. The Kier molecular flexibility index (Phi) is 6.02. The van der Waals surface area contributed by atoms with Crippen LogP contribution in [0.25, 0.3) is 0 Å². The molecule has 0 fully saturated rings. The molecule has 0 aromatic heterocycles. The number of amides is 3. The summed E-state index contributed by atoms with van der Waals surface area (Å²) in [6.45, 7) is -0.413. The molecule has 0 spiro atoms. The first kappa shape index (κ1) is 17.6. The summed E-state index contributed by atoms with van der Waals surface area (Å²) in [6.07, 6.45) is 0. The lowest BCUT2D eigenvalue weighted by molar-refractivity contribution is -0.120. The Morgan fingerprint density at radius 1 is 0.875 bits per heavy atom. The van der Waals surface area contributed by atoms with Crippen LogP contribution in [0, 0.1) is 5.82 Å². The third-order valence-corrected chi connectivity index (χ3v) is 3.65. The van der Waals surface area contributed by atoms with Gasteiger partial charge in [-0.2, -0.15) is 0 Å². The summed E-state index contributed by atoms with van der Waals surface area (Å²) in [5.41, 5.74) is 4.56. The van der Waals surface area contributed by atoms with Crippen LogP contribution in [0.2, 0.25) is 0 Å². The molecule has 0 aliphatic carbocycles. The van der Waals surface area contributed by atoms with Gasteiger partial charge in [-0.1, -0.05) is 24.3 Å². The van der Waals surface area contributed by atoms with Crippen molar-refractivity contribution in [1.29, 1.82) is 0 Å². The highest BCUT2D eigenvalue weighted by Gasteiger charge is 2.13. The molecule has 0 saturated heterocycles. The van der Waals surface area contributed by atoms with Crippen molar-refractivity contribution in [3.63, 3.8) is 0 Å². The Morgan fingerprint density at radius 2 is 1.50 bits per heavy atom. The van der Waals surface area contributed by atoms with E-state index in [1.807, 2.05) is 0 Å². The third kappa shape index (κ3) is 4.63. The average Bonchev–Trinajstić information content (AvgIpc) is 2.58. The van der Waals surface area contributed by atoms with Crippen LogP contribution in [0.4, 0.5) is 4.39 Å². The second-order valence-corrected chi connectivity index (χ2v) is 5.50. The number of carbonyl (C=O) groups excluding carboxylic acids is 3. The lowest BCUT2D eigenvalue weighted by atomic mass is 10.2. The fraction of sp³-hybridized carbons (Fsp3) is 0.0625. The quantitative estimate of drug-likeness (QED) is 0.691. The van der Waals surface area contributed by atoms with E-state index in [1.54, 1.807) is 24.3 Å². The molecule has 3 amide bonds. The summed E-state index contributed by atoms with van der Waals surface area (Å²) in [6, 6.07) is 12.1. The Hall–Kier alpha value is -2.74. The van der Waals surface area contributed by atoms with Crippen molar-refractivity contribution in [1.82, 2.24) is 16.2 Å². The van der Waals surface area contributed by atoms with Gasteiger partial charge in [0.05, 0.1) is 17.7 Å². The zero-order valence-corrected chi connectivity index (χ0v) is 13.9. The van der Waals surface area contributed by atoms with E-state index in [-0.39, 0.29) is 5.56 Å². The zero-order chi connectivity index (χ0) is 17.5. The maximum absolute atomic E-state index is 13.4. The molecule has 124 valence electrons. The van der Waals surface area contributed by atoms with E-state index in [9.17, 15) is 18.8 Å². The number of halogens is 2. The van der Waals surface area contributed by atoms with E-state index in [4.69, 9.17) is 0 Å². The van der Waals surface area contributed by atoms with Gasteiger partial charge >= 0.3 is 0 Å².